The summed E-state index contributed by atoms with van der Waals surface area (Å²) in [5.41, 5.74) is 2.07. The van der Waals surface area contributed by atoms with E-state index in [4.69, 9.17) is 4.42 Å². The number of guanidine groups is 1. The SMILES string of the molecule is CN=C(NCCCNc1ccccc1)NCc1nc(C)c(C)o1. The highest BCUT2D eigenvalue weighted by molar-refractivity contribution is 5.79. The van der Waals surface area contributed by atoms with Crippen LogP contribution in [-0.4, -0.2) is 31.1 Å². The molecule has 0 atom stereocenters. The van der Waals surface area contributed by atoms with Gasteiger partial charge in [0.1, 0.15) is 5.76 Å². The molecule has 0 amide bonds. The van der Waals surface area contributed by atoms with Crippen molar-refractivity contribution in [1.82, 2.24) is 15.6 Å². The first kappa shape index (κ1) is 16.9. The molecular formula is C17H25N5O. The fourth-order valence-electron chi connectivity index (χ4n) is 2.08. The third-order valence-electron chi connectivity index (χ3n) is 3.45. The molecule has 1 heterocycles. The maximum atomic E-state index is 5.53. The Labute approximate surface area is 137 Å². The number of oxazole rings is 1. The van der Waals surface area contributed by atoms with Crippen LogP contribution >= 0.6 is 0 Å². The zero-order valence-corrected chi connectivity index (χ0v) is 14.0. The molecule has 124 valence electrons. The number of benzene rings is 1. The lowest BCUT2D eigenvalue weighted by Gasteiger charge is -2.11. The first-order valence-electron chi connectivity index (χ1n) is 7.85. The lowest BCUT2D eigenvalue weighted by atomic mass is 10.3. The molecule has 0 aliphatic heterocycles. The van der Waals surface area contributed by atoms with Gasteiger partial charge in [0, 0.05) is 25.8 Å². The summed E-state index contributed by atoms with van der Waals surface area (Å²) in [5.74, 6) is 2.28. The van der Waals surface area contributed by atoms with Gasteiger partial charge >= 0.3 is 0 Å². The third kappa shape index (κ3) is 5.65. The number of rotatable bonds is 7. The van der Waals surface area contributed by atoms with Crippen LogP contribution in [0.25, 0.3) is 0 Å². The van der Waals surface area contributed by atoms with Crippen LogP contribution in [0.3, 0.4) is 0 Å². The van der Waals surface area contributed by atoms with E-state index in [0.29, 0.717) is 12.4 Å². The van der Waals surface area contributed by atoms with Crippen LogP contribution in [0.2, 0.25) is 0 Å². The molecule has 0 bridgehead atoms. The van der Waals surface area contributed by atoms with E-state index in [0.717, 1.165) is 42.6 Å². The zero-order chi connectivity index (χ0) is 16.5. The Hall–Kier alpha value is -2.50. The number of aliphatic imine (C=N–C) groups is 1. The van der Waals surface area contributed by atoms with Gasteiger partial charge in [0.2, 0.25) is 5.89 Å². The standard InChI is InChI=1S/C17H25N5O/c1-13-14(2)23-16(22-13)12-21-17(18-3)20-11-7-10-19-15-8-5-4-6-9-15/h4-6,8-9,19H,7,10-12H2,1-3H3,(H2,18,20,21). The highest BCUT2D eigenvalue weighted by Crippen LogP contribution is 2.07. The second-order valence-electron chi connectivity index (χ2n) is 5.25. The molecule has 6 nitrogen and oxygen atoms in total. The van der Waals surface area contributed by atoms with Crippen LogP contribution < -0.4 is 16.0 Å². The van der Waals surface area contributed by atoms with Gasteiger partial charge in [-0.3, -0.25) is 4.99 Å². The Bertz CT molecular complexity index is 602. The van der Waals surface area contributed by atoms with Crippen LogP contribution in [0.15, 0.2) is 39.7 Å². The molecule has 6 heteroatoms. The molecule has 0 unspecified atom stereocenters. The van der Waals surface area contributed by atoms with Crippen LogP contribution in [0.1, 0.15) is 23.8 Å². The van der Waals surface area contributed by atoms with Gasteiger partial charge in [0.15, 0.2) is 5.96 Å². The van der Waals surface area contributed by atoms with Gasteiger partial charge in [-0.2, -0.15) is 0 Å². The Morgan fingerprint density at radius 1 is 1.13 bits per heavy atom. The van der Waals surface area contributed by atoms with Crippen molar-refractivity contribution in [2.75, 3.05) is 25.5 Å². The fraction of sp³-hybridized carbons (Fsp3) is 0.412. The summed E-state index contributed by atoms with van der Waals surface area (Å²) >= 11 is 0. The monoisotopic (exact) mass is 315 g/mol. The van der Waals surface area contributed by atoms with E-state index < -0.39 is 0 Å². The van der Waals surface area contributed by atoms with E-state index in [2.05, 4.69) is 38.1 Å². The van der Waals surface area contributed by atoms with Gasteiger partial charge in [-0.15, -0.1) is 0 Å². The lowest BCUT2D eigenvalue weighted by molar-refractivity contribution is 0.463. The maximum Gasteiger partial charge on any atom is 0.214 e. The van der Waals surface area contributed by atoms with Gasteiger partial charge in [0.05, 0.1) is 12.2 Å². The average Bonchev–Trinajstić information content (AvgIpc) is 2.89. The molecule has 0 saturated heterocycles. The molecule has 0 spiro atoms. The van der Waals surface area contributed by atoms with Gasteiger partial charge in [-0.25, -0.2) is 4.98 Å². The van der Waals surface area contributed by atoms with Gasteiger partial charge in [-0.05, 0) is 32.4 Å². The molecule has 0 radical (unpaired) electrons. The highest BCUT2D eigenvalue weighted by Gasteiger charge is 2.06. The summed E-state index contributed by atoms with van der Waals surface area (Å²) in [6.07, 6.45) is 0.993. The van der Waals surface area contributed by atoms with Crippen molar-refractivity contribution in [3.05, 3.63) is 47.7 Å². The molecule has 1 aromatic carbocycles. The number of para-hydroxylation sites is 1. The summed E-state index contributed by atoms with van der Waals surface area (Å²) in [6, 6.07) is 10.2. The van der Waals surface area contributed by atoms with E-state index in [1.807, 2.05) is 32.0 Å². The number of nitrogens with zero attached hydrogens (tertiary/aromatic N) is 2. The number of hydrogen-bond donors (Lipinski definition) is 3. The van der Waals surface area contributed by atoms with Crippen molar-refractivity contribution in [3.8, 4) is 0 Å². The Kier molecular flexibility index (Phi) is 6.47. The number of aromatic nitrogens is 1. The summed E-state index contributed by atoms with van der Waals surface area (Å²) in [5, 5.41) is 9.85. The van der Waals surface area contributed by atoms with E-state index in [-0.39, 0.29) is 0 Å². The van der Waals surface area contributed by atoms with Crippen molar-refractivity contribution in [2.24, 2.45) is 4.99 Å². The number of aryl methyl sites for hydroxylation is 2. The summed E-state index contributed by atoms with van der Waals surface area (Å²) in [7, 11) is 1.75. The second kappa shape index (κ2) is 8.82. The molecule has 0 fully saturated rings. The quantitative estimate of drug-likeness (QED) is 0.416. The Balaban J connectivity index is 1.63. The van der Waals surface area contributed by atoms with E-state index in [1.165, 1.54) is 0 Å². The molecule has 0 saturated carbocycles. The zero-order valence-electron chi connectivity index (χ0n) is 14.0. The van der Waals surface area contributed by atoms with Crippen molar-refractivity contribution in [2.45, 2.75) is 26.8 Å². The smallest absolute Gasteiger partial charge is 0.214 e. The largest absolute Gasteiger partial charge is 0.444 e. The molecular weight excluding hydrogens is 290 g/mol. The van der Waals surface area contributed by atoms with E-state index in [1.54, 1.807) is 7.05 Å². The van der Waals surface area contributed by atoms with Crippen LogP contribution in [0, 0.1) is 13.8 Å². The molecule has 2 rings (SSSR count). The second-order valence-corrected chi connectivity index (χ2v) is 5.25. The van der Waals surface area contributed by atoms with Crippen LogP contribution in [-0.2, 0) is 6.54 Å². The Morgan fingerprint density at radius 3 is 2.57 bits per heavy atom. The van der Waals surface area contributed by atoms with Crippen molar-refractivity contribution < 1.29 is 4.42 Å². The van der Waals surface area contributed by atoms with E-state index >= 15 is 0 Å². The predicted octanol–water partition coefficient (Wildman–Crippen LogP) is 2.46. The van der Waals surface area contributed by atoms with Crippen LogP contribution in [0.5, 0.6) is 0 Å². The first-order chi connectivity index (χ1) is 11.2. The van der Waals surface area contributed by atoms with Crippen molar-refractivity contribution >= 4 is 11.6 Å². The third-order valence-corrected chi connectivity index (χ3v) is 3.45. The summed E-state index contributed by atoms with van der Waals surface area (Å²) in [4.78, 5) is 8.53. The molecule has 1 aromatic heterocycles. The first-order valence-corrected chi connectivity index (χ1v) is 7.85. The number of nitrogens with one attached hydrogen (secondary N) is 3. The summed E-state index contributed by atoms with van der Waals surface area (Å²) in [6.45, 7) is 6.12. The van der Waals surface area contributed by atoms with Gasteiger partial charge in [0.25, 0.3) is 0 Å². The summed E-state index contributed by atoms with van der Waals surface area (Å²) < 4.78 is 5.53. The number of hydrogen-bond acceptors (Lipinski definition) is 4. The normalized spacial score (nSPS) is 11.3. The van der Waals surface area contributed by atoms with E-state index in [9.17, 15) is 0 Å². The average molecular weight is 315 g/mol. The molecule has 0 aliphatic rings. The molecule has 3 N–H and O–H groups in total. The topological polar surface area (TPSA) is 74.5 Å². The molecule has 2 aromatic rings. The highest BCUT2D eigenvalue weighted by atomic mass is 16.4. The number of anilines is 1. The maximum absolute atomic E-state index is 5.53. The predicted molar refractivity (Wildman–Crippen MR) is 93.7 cm³/mol. The van der Waals surface area contributed by atoms with Crippen molar-refractivity contribution in [3.63, 3.8) is 0 Å². The fourth-order valence-corrected chi connectivity index (χ4v) is 2.08. The minimum Gasteiger partial charge on any atom is -0.444 e. The molecule has 23 heavy (non-hydrogen) atoms. The van der Waals surface area contributed by atoms with Crippen LogP contribution in [0.4, 0.5) is 5.69 Å². The minimum absolute atomic E-state index is 0.524. The minimum atomic E-state index is 0.524. The lowest BCUT2D eigenvalue weighted by Crippen LogP contribution is -2.37. The Morgan fingerprint density at radius 2 is 1.91 bits per heavy atom. The van der Waals surface area contributed by atoms with Crippen molar-refractivity contribution in [1.29, 1.82) is 0 Å². The van der Waals surface area contributed by atoms with Gasteiger partial charge in [-0.1, -0.05) is 18.2 Å². The molecule has 0 aliphatic carbocycles. The van der Waals surface area contributed by atoms with Gasteiger partial charge < -0.3 is 20.4 Å².